The zero-order valence-corrected chi connectivity index (χ0v) is 15.7. The van der Waals surface area contributed by atoms with Gasteiger partial charge in [-0.3, -0.25) is 14.9 Å². The first-order valence-electron chi connectivity index (χ1n) is 8.85. The van der Waals surface area contributed by atoms with E-state index in [1.165, 1.54) is 19.4 Å². The highest BCUT2D eigenvalue weighted by molar-refractivity contribution is 5.81. The maximum Gasteiger partial charge on any atom is 0.284 e. The molecule has 3 rings (SSSR count). The van der Waals surface area contributed by atoms with Crippen LogP contribution in [0, 0.1) is 10.1 Å². The third kappa shape index (κ3) is 5.29. The van der Waals surface area contributed by atoms with Crippen molar-refractivity contribution in [1.29, 1.82) is 0 Å². The second kappa shape index (κ2) is 9.32. The molecule has 1 heterocycles. The number of carbonyl (C=O) groups is 1. The van der Waals surface area contributed by atoms with E-state index in [9.17, 15) is 14.9 Å². The SMILES string of the molecule is COc1ccc(-c2ccc(/C=N\NC(=O)CCc3ccccc3)o2)c([N+](=O)[O-])c1. The maximum atomic E-state index is 11.9. The van der Waals surface area contributed by atoms with Gasteiger partial charge in [-0.1, -0.05) is 30.3 Å². The van der Waals surface area contributed by atoms with Crippen molar-refractivity contribution < 1.29 is 18.9 Å². The minimum atomic E-state index is -0.499. The average Bonchev–Trinajstić information content (AvgIpc) is 3.21. The number of rotatable bonds is 8. The van der Waals surface area contributed by atoms with Crippen molar-refractivity contribution in [3.8, 4) is 17.1 Å². The molecule has 8 heteroatoms. The molecule has 0 spiro atoms. The summed E-state index contributed by atoms with van der Waals surface area (Å²) in [5.41, 5.74) is 3.71. The van der Waals surface area contributed by atoms with Crippen LogP contribution in [-0.2, 0) is 11.2 Å². The molecular formula is C21H19N3O5. The summed E-state index contributed by atoms with van der Waals surface area (Å²) in [5, 5.41) is 15.2. The highest BCUT2D eigenvalue weighted by Crippen LogP contribution is 2.33. The van der Waals surface area contributed by atoms with Crippen LogP contribution >= 0.6 is 0 Å². The van der Waals surface area contributed by atoms with Gasteiger partial charge in [0.15, 0.2) is 0 Å². The van der Waals surface area contributed by atoms with E-state index in [0.29, 0.717) is 35.7 Å². The Labute approximate surface area is 167 Å². The van der Waals surface area contributed by atoms with Gasteiger partial charge in [-0.2, -0.15) is 5.10 Å². The number of nitro groups is 1. The lowest BCUT2D eigenvalue weighted by atomic mass is 10.1. The molecule has 0 saturated heterocycles. The molecule has 0 atom stereocenters. The predicted molar refractivity (Wildman–Crippen MR) is 108 cm³/mol. The van der Waals surface area contributed by atoms with Crippen LogP contribution in [-0.4, -0.2) is 24.2 Å². The molecule has 148 valence electrons. The quantitative estimate of drug-likeness (QED) is 0.354. The Hall–Kier alpha value is -3.94. The molecule has 3 aromatic rings. The minimum Gasteiger partial charge on any atom is -0.497 e. The molecule has 8 nitrogen and oxygen atoms in total. The number of hydrogen-bond donors (Lipinski definition) is 1. The van der Waals surface area contributed by atoms with Crippen molar-refractivity contribution in [1.82, 2.24) is 5.43 Å². The lowest BCUT2D eigenvalue weighted by Gasteiger charge is -2.03. The van der Waals surface area contributed by atoms with Crippen molar-refractivity contribution in [2.45, 2.75) is 12.8 Å². The molecule has 1 amide bonds. The summed E-state index contributed by atoms with van der Waals surface area (Å²) < 4.78 is 10.6. The summed E-state index contributed by atoms with van der Waals surface area (Å²) in [5.74, 6) is 0.833. The van der Waals surface area contributed by atoms with E-state index < -0.39 is 4.92 Å². The maximum absolute atomic E-state index is 11.9. The number of amides is 1. The van der Waals surface area contributed by atoms with Crippen LogP contribution in [0.1, 0.15) is 17.7 Å². The number of benzene rings is 2. The molecule has 0 aliphatic carbocycles. The molecule has 2 aromatic carbocycles. The van der Waals surface area contributed by atoms with E-state index >= 15 is 0 Å². The first-order valence-corrected chi connectivity index (χ1v) is 8.85. The van der Waals surface area contributed by atoms with Gasteiger partial charge in [0.2, 0.25) is 5.91 Å². The van der Waals surface area contributed by atoms with Crippen LogP contribution in [0.4, 0.5) is 5.69 Å². The number of methoxy groups -OCH3 is 1. The fourth-order valence-corrected chi connectivity index (χ4v) is 2.69. The Morgan fingerprint density at radius 1 is 1.21 bits per heavy atom. The van der Waals surface area contributed by atoms with E-state index in [4.69, 9.17) is 9.15 Å². The molecule has 0 fully saturated rings. The number of ether oxygens (including phenoxy) is 1. The van der Waals surface area contributed by atoms with Crippen molar-refractivity contribution in [2.75, 3.05) is 7.11 Å². The van der Waals surface area contributed by atoms with Crippen LogP contribution in [0.5, 0.6) is 5.75 Å². The third-order valence-corrected chi connectivity index (χ3v) is 4.16. The summed E-state index contributed by atoms with van der Waals surface area (Å²) in [6.07, 6.45) is 2.27. The first-order chi connectivity index (χ1) is 14.1. The summed E-state index contributed by atoms with van der Waals surface area (Å²) >= 11 is 0. The van der Waals surface area contributed by atoms with Crippen LogP contribution in [0.25, 0.3) is 11.3 Å². The van der Waals surface area contributed by atoms with Crippen LogP contribution in [0.3, 0.4) is 0 Å². The largest absolute Gasteiger partial charge is 0.497 e. The number of nitrogens with zero attached hydrogens (tertiary/aromatic N) is 2. The van der Waals surface area contributed by atoms with Crippen molar-refractivity contribution >= 4 is 17.8 Å². The Bertz CT molecular complexity index is 1030. The number of carbonyl (C=O) groups excluding carboxylic acids is 1. The van der Waals surface area contributed by atoms with E-state index in [0.717, 1.165) is 5.56 Å². The Morgan fingerprint density at radius 2 is 2.00 bits per heavy atom. The van der Waals surface area contributed by atoms with Crippen LogP contribution in [0.15, 0.2) is 70.2 Å². The summed E-state index contributed by atoms with van der Waals surface area (Å²) in [6.45, 7) is 0. The number of aryl methyl sites for hydroxylation is 1. The van der Waals surface area contributed by atoms with Crippen molar-refractivity contribution in [3.63, 3.8) is 0 Å². The lowest BCUT2D eigenvalue weighted by Crippen LogP contribution is -2.17. The Kier molecular flexibility index (Phi) is 6.36. The second-order valence-electron chi connectivity index (χ2n) is 6.12. The fourth-order valence-electron chi connectivity index (χ4n) is 2.69. The second-order valence-corrected chi connectivity index (χ2v) is 6.12. The third-order valence-electron chi connectivity index (χ3n) is 4.16. The molecule has 0 bridgehead atoms. The topological polar surface area (TPSA) is 107 Å². The van der Waals surface area contributed by atoms with Gasteiger partial charge in [0.05, 0.1) is 29.9 Å². The molecule has 0 aliphatic rings. The van der Waals surface area contributed by atoms with Gasteiger partial charge in [-0.05, 0) is 36.2 Å². The smallest absolute Gasteiger partial charge is 0.284 e. The van der Waals surface area contributed by atoms with Crippen LogP contribution < -0.4 is 10.2 Å². The zero-order valence-electron chi connectivity index (χ0n) is 15.7. The van der Waals surface area contributed by atoms with Crippen LogP contribution in [0.2, 0.25) is 0 Å². The fraction of sp³-hybridized carbons (Fsp3) is 0.143. The number of nitrogens with one attached hydrogen (secondary N) is 1. The van der Waals surface area contributed by atoms with E-state index in [1.807, 2.05) is 30.3 Å². The average molecular weight is 393 g/mol. The zero-order chi connectivity index (χ0) is 20.6. The normalized spacial score (nSPS) is 10.8. The number of nitro benzene ring substituents is 1. The van der Waals surface area contributed by atoms with E-state index in [2.05, 4.69) is 10.5 Å². The molecule has 29 heavy (non-hydrogen) atoms. The highest BCUT2D eigenvalue weighted by atomic mass is 16.6. The number of hydrogen-bond acceptors (Lipinski definition) is 6. The molecule has 0 saturated carbocycles. The summed E-state index contributed by atoms with van der Waals surface area (Å²) in [6, 6.07) is 17.4. The Balaban J connectivity index is 1.62. The predicted octanol–water partition coefficient (Wildman–Crippen LogP) is 3.95. The minimum absolute atomic E-state index is 0.128. The van der Waals surface area contributed by atoms with Gasteiger partial charge in [0, 0.05) is 6.42 Å². The van der Waals surface area contributed by atoms with Gasteiger partial charge >= 0.3 is 0 Å². The highest BCUT2D eigenvalue weighted by Gasteiger charge is 2.19. The van der Waals surface area contributed by atoms with Gasteiger partial charge in [-0.15, -0.1) is 0 Å². The lowest BCUT2D eigenvalue weighted by molar-refractivity contribution is -0.384. The van der Waals surface area contributed by atoms with Crippen molar-refractivity contribution in [2.24, 2.45) is 5.10 Å². The monoisotopic (exact) mass is 393 g/mol. The van der Waals surface area contributed by atoms with Gasteiger partial charge in [0.25, 0.3) is 5.69 Å². The molecular weight excluding hydrogens is 374 g/mol. The van der Waals surface area contributed by atoms with Crippen molar-refractivity contribution in [3.05, 3.63) is 82.1 Å². The van der Waals surface area contributed by atoms with E-state index in [-0.39, 0.29) is 11.6 Å². The van der Waals surface area contributed by atoms with E-state index in [1.54, 1.807) is 24.3 Å². The van der Waals surface area contributed by atoms with Gasteiger partial charge < -0.3 is 9.15 Å². The summed E-state index contributed by atoms with van der Waals surface area (Å²) in [4.78, 5) is 22.7. The molecule has 0 radical (unpaired) electrons. The number of furan rings is 1. The first kappa shape index (κ1) is 19.8. The standard InChI is InChI=1S/C21H19N3O5/c1-28-16-8-10-18(19(13-16)24(26)27)20-11-9-17(29-20)14-22-23-21(25)12-7-15-5-3-2-4-6-15/h2-6,8-11,13-14H,7,12H2,1H3,(H,23,25)/b22-14-. The molecule has 0 unspecified atom stereocenters. The Morgan fingerprint density at radius 3 is 2.72 bits per heavy atom. The van der Waals surface area contributed by atoms with Gasteiger partial charge in [0.1, 0.15) is 17.3 Å². The molecule has 1 N–H and O–H groups in total. The van der Waals surface area contributed by atoms with Gasteiger partial charge in [-0.25, -0.2) is 5.43 Å². The molecule has 1 aromatic heterocycles. The summed E-state index contributed by atoms with van der Waals surface area (Å²) in [7, 11) is 1.44. The molecule has 0 aliphatic heterocycles. The number of hydrazone groups is 1.